The van der Waals surface area contributed by atoms with Crippen LogP contribution >= 0.6 is 11.6 Å². The van der Waals surface area contributed by atoms with Crippen LogP contribution in [0.4, 0.5) is 0 Å². The highest BCUT2D eigenvalue weighted by atomic mass is 35.5. The second kappa shape index (κ2) is 10.2. The van der Waals surface area contributed by atoms with Crippen LogP contribution in [-0.2, 0) is 14.8 Å². The molecule has 0 amide bonds. The molecule has 1 heterocycles. The molecular formula is C24H21ClN4O5S. The van der Waals surface area contributed by atoms with Gasteiger partial charge in [0.25, 0.3) is 10.0 Å². The molecule has 0 saturated carbocycles. The molecule has 3 aromatic rings. The van der Waals surface area contributed by atoms with Crippen LogP contribution in [0.25, 0.3) is 0 Å². The molecule has 1 aliphatic rings. The molecule has 35 heavy (non-hydrogen) atoms. The Morgan fingerprint density at radius 3 is 2.37 bits per heavy atom. The number of ether oxygens (including phenoxy) is 1. The Kier molecular flexibility index (Phi) is 7.04. The summed E-state index contributed by atoms with van der Waals surface area (Å²) in [6.45, 7) is -0.169. The molecule has 3 aromatic carbocycles. The predicted octanol–water partition coefficient (Wildman–Crippen LogP) is 3.31. The van der Waals surface area contributed by atoms with Gasteiger partial charge in [-0.25, -0.2) is 9.80 Å². The van der Waals surface area contributed by atoms with E-state index in [0.29, 0.717) is 16.5 Å². The van der Waals surface area contributed by atoms with Crippen molar-refractivity contribution in [1.82, 2.24) is 5.01 Å². The molecule has 4 rings (SSSR count). The first kappa shape index (κ1) is 24.2. The maximum atomic E-state index is 12.7. The number of hydrazone groups is 1. The van der Waals surface area contributed by atoms with Crippen LogP contribution in [0.15, 0.2) is 93.3 Å². The summed E-state index contributed by atoms with van der Waals surface area (Å²) < 4.78 is 34.4. The Bertz CT molecular complexity index is 1380. The van der Waals surface area contributed by atoms with Gasteiger partial charge in [-0.3, -0.25) is 0 Å². The zero-order valence-corrected chi connectivity index (χ0v) is 19.9. The minimum absolute atomic E-state index is 0.0372. The molecule has 1 aliphatic heterocycles. The third-order valence-electron chi connectivity index (χ3n) is 5.22. The van der Waals surface area contributed by atoms with Gasteiger partial charge in [0.05, 0.1) is 17.2 Å². The fourth-order valence-electron chi connectivity index (χ4n) is 3.55. The summed E-state index contributed by atoms with van der Waals surface area (Å²) in [5.74, 6) is -1.15. The molecule has 0 bridgehead atoms. The lowest BCUT2D eigenvalue weighted by Gasteiger charge is -2.15. The van der Waals surface area contributed by atoms with Crippen molar-refractivity contribution in [2.24, 2.45) is 15.2 Å². The van der Waals surface area contributed by atoms with Crippen molar-refractivity contribution in [2.45, 2.75) is 10.8 Å². The maximum absolute atomic E-state index is 12.7. The summed E-state index contributed by atoms with van der Waals surface area (Å²) >= 11 is 5.85. The third kappa shape index (κ3) is 5.79. The molecule has 0 saturated heterocycles. The number of rotatable bonds is 7. The standard InChI is InChI=1S/C24H21ClN4O5S/c25-18-8-12-20(13-9-18)35(32,33)28-24(26)29-14-21(16-4-2-1-3-5-16)23(27-29)17-6-10-19(11-7-17)34-15-22(30)31/h1-13,21H,14-15H2,(H2,26,28)(H,30,31). The van der Waals surface area contributed by atoms with E-state index in [1.165, 1.54) is 29.3 Å². The Balaban J connectivity index is 1.65. The largest absolute Gasteiger partial charge is 0.482 e. The number of carboxylic acid groups (broad SMARTS) is 1. The monoisotopic (exact) mass is 512 g/mol. The van der Waals surface area contributed by atoms with Crippen LogP contribution in [0.5, 0.6) is 5.75 Å². The molecule has 0 aliphatic carbocycles. The number of benzene rings is 3. The number of nitrogens with zero attached hydrogens (tertiary/aromatic N) is 3. The minimum Gasteiger partial charge on any atom is -0.482 e. The zero-order chi connectivity index (χ0) is 25.0. The number of sulfonamides is 1. The molecule has 0 radical (unpaired) electrons. The third-order valence-corrected chi connectivity index (χ3v) is 6.77. The Morgan fingerprint density at radius 1 is 1.09 bits per heavy atom. The Hall–Kier alpha value is -3.89. The van der Waals surface area contributed by atoms with E-state index in [1.54, 1.807) is 24.3 Å². The number of halogens is 1. The van der Waals surface area contributed by atoms with Gasteiger partial charge >= 0.3 is 5.97 Å². The van der Waals surface area contributed by atoms with E-state index in [0.717, 1.165) is 11.1 Å². The van der Waals surface area contributed by atoms with Crippen molar-refractivity contribution in [3.8, 4) is 5.75 Å². The first-order chi connectivity index (χ1) is 16.7. The lowest BCUT2D eigenvalue weighted by molar-refractivity contribution is -0.139. The summed E-state index contributed by atoms with van der Waals surface area (Å²) in [7, 11) is -4.07. The van der Waals surface area contributed by atoms with Crippen LogP contribution in [0.3, 0.4) is 0 Å². The summed E-state index contributed by atoms with van der Waals surface area (Å²) in [4.78, 5) is 10.7. The van der Waals surface area contributed by atoms with Gasteiger partial charge in [-0.1, -0.05) is 41.9 Å². The smallest absolute Gasteiger partial charge is 0.341 e. The van der Waals surface area contributed by atoms with Crippen molar-refractivity contribution in [3.63, 3.8) is 0 Å². The van der Waals surface area contributed by atoms with Crippen molar-refractivity contribution < 1.29 is 23.1 Å². The predicted molar refractivity (Wildman–Crippen MR) is 132 cm³/mol. The summed E-state index contributed by atoms with van der Waals surface area (Å²) in [6.07, 6.45) is 0. The average molecular weight is 513 g/mol. The SMILES string of the molecule is N/C(=N\S(=O)(=O)c1ccc(Cl)cc1)N1CC(c2ccccc2)C(c2ccc(OCC(=O)O)cc2)=N1. The van der Waals surface area contributed by atoms with Gasteiger partial charge < -0.3 is 15.6 Å². The van der Waals surface area contributed by atoms with Crippen LogP contribution < -0.4 is 10.5 Å². The van der Waals surface area contributed by atoms with Crippen LogP contribution in [0.2, 0.25) is 5.02 Å². The molecule has 180 valence electrons. The van der Waals surface area contributed by atoms with Crippen LogP contribution in [0, 0.1) is 0 Å². The van der Waals surface area contributed by atoms with Crippen LogP contribution in [0.1, 0.15) is 17.0 Å². The quantitative estimate of drug-likeness (QED) is 0.366. The fourth-order valence-corrected chi connectivity index (χ4v) is 4.60. The van der Waals surface area contributed by atoms with Gasteiger partial charge in [-0.15, -0.1) is 4.40 Å². The topological polar surface area (TPSA) is 135 Å². The van der Waals surface area contributed by atoms with Gasteiger partial charge in [-0.2, -0.15) is 13.5 Å². The normalized spacial score (nSPS) is 16.1. The lowest BCUT2D eigenvalue weighted by Crippen LogP contribution is -2.33. The van der Waals surface area contributed by atoms with Crippen molar-refractivity contribution in [2.75, 3.05) is 13.2 Å². The molecule has 9 nitrogen and oxygen atoms in total. The van der Waals surface area contributed by atoms with Gasteiger partial charge in [-0.05, 0) is 59.7 Å². The van der Waals surface area contributed by atoms with E-state index in [-0.39, 0.29) is 23.3 Å². The van der Waals surface area contributed by atoms with Gasteiger partial charge in [0.15, 0.2) is 6.61 Å². The Labute approximate surface area is 207 Å². The van der Waals surface area contributed by atoms with Crippen LogP contribution in [-0.4, -0.2) is 49.3 Å². The van der Waals surface area contributed by atoms with Gasteiger partial charge in [0.1, 0.15) is 5.75 Å². The Morgan fingerprint density at radius 2 is 1.74 bits per heavy atom. The number of hydrogen-bond donors (Lipinski definition) is 2. The van der Waals surface area contributed by atoms with E-state index in [2.05, 4.69) is 9.50 Å². The number of guanidine groups is 1. The first-order valence-corrected chi connectivity index (χ1v) is 12.3. The van der Waals surface area contributed by atoms with E-state index >= 15 is 0 Å². The molecule has 0 fully saturated rings. The molecule has 3 N–H and O–H groups in total. The number of aliphatic carboxylic acids is 1. The maximum Gasteiger partial charge on any atom is 0.341 e. The van der Waals surface area contributed by atoms with Crippen molar-refractivity contribution >= 4 is 39.3 Å². The van der Waals surface area contributed by atoms with E-state index in [4.69, 9.17) is 27.2 Å². The molecule has 1 unspecified atom stereocenters. The fraction of sp³-hybridized carbons (Fsp3) is 0.125. The van der Waals surface area contributed by atoms with E-state index in [1.807, 2.05) is 30.3 Å². The average Bonchev–Trinajstić information content (AvgIpc) is 3.29. The first-order valence-electron chi connectivity index (χ1n) is 10.4. The highest BCUT2D eigenvalue weighted by molar-refractivity contribution is 7.90. The summed E-state index contributed by atoms with van der Waals surface area (Å²) in [5, 5.41) is 15.1. The van der Waals surface area contributed by atoms with Gasteiger partial charge in [0, 0.05) is 10.9 Å². The molecule has 0 aromatic heterocycles. The van der Waals surface area contributed by atoms with E-state index < -0.39 is 22.6 Å². The molecule has 1 atom stereocenters. The lowest BCUT2D eigenvalue weighted by atomic mass is 9.90. The van der Waals surface area contributed by atoms with Gasteiger partial charge in [0.2, 0.25) is 5.96 Å². The number of carbonyl (C=O) groups is 1. The second-order valence-corrected chi connectivity index (χ2v) is 9.66. The highest BCUT2D eigenvalue weighted by Crippen LogP contribution is 2.30. The highest BCUT2D eigenvalue weighted by Gasteiger charge is 2.31. The molecule has 0 spiro atoms. The second-order valence-electron chi connectivity index (χ2n) is 7.62. The number of hydrogen-bond acceptors (Lipinski definition) is 5. The molecular weight excluding hydrogens is 492 g/mol. The van der Waals surface area contributed by atoms with Crippen molar-refractivity contribution in [1.29, 1.82) is 0 Å². The summed E-state index contributed by atoms with van der Waals surface area (Å²) in [6, 6.07) is 22.0. The number of nitrogens with two attached hydrogens (primary N) is 1. The van der Waals surface area contributed by atoms with Crippen molar-refractivity contribution in [3.05, 3.63) is 95.0 Å². The number of carboxylic acids is 1. The molecule has 11 heteroatoms. The van der Waals surface area contributed by atoms with E-state index in [9.17, 15) is 13.2 Å². The minimum atomic E-state index is -4.07. The summed E-state index contributed by atoms with van der Waals surface area (Å²) in [5.41, 5.74) is 8.46. The zero-order valence-electron chi connectivity index (χ0n) is 18.3.